The van der Waals surface area contributed by atoms with Crippen LogP contribution >= 0.6 is 0 Å². The first-order valence-electron chi connectivity index (χ1n) is 24.7. The number of amides is 2. The Labute approximate surface area is 451 Å². The molecular formula is C46H66B2N6Na2O14. The van der Waals surface area contributed by atoms with Gasteiger partial charge in [0.15, 0.2) is 0 Å². The van der Waals surface area contributed by atoms with Gasteiger partial charge >= 0.3 is 84.6 Å². The molecule has 2 saturated heterocycles. The Bertz CT molecular complexity index is 2090. The zero-order chi connectivity index (χ0) is 48.1. The van der Waals surface area contributed by atoms with E-state index < -0.39 is 25.4 Å². The number of likely N-dealkylation sites (tertiary alicyclic amines) is 2. The van der Waals surface area contributed by atoms with Gasteiger partial charge in [-0.15, -0.1) is 0 Å². The fourth-order valence-electron chi connectivity index (χ4n) is 11.5. The summed E-state index contributed by atoms with van der Waals surface area (Å²) < 4.78 is 22.5. The third kappa shape index (κ3) is 12.1. The van der Waals surface area contributed by atoms with Gasteiger partial charge in [-0.25, -0.2) is 9.59 Å². The van der Waals surface area contributed by atoms with E-state index in [1.807, 2.05) is 0 Å². The van der Waals surface area contributed by atoms with Crippen LogP contribution in [0.15, 0.2) is 24.3 Å². The van der Waals surface area contributed by atoms with Gasteiger partial charge in [-0.2, -0.15) is 0 Å². The van der Waals surface area contributed by atoms with Gasteiger partial charge in [0, 0.05) is 51.1 Å². The van der Waals surface area contributed by atoms with Gasteiger partial charge in [-0.3, -0.25) is 9.59 Å². The summed E-state index contributed by atoms with van der Waals surface area (Å²) in [6, 6.07) is 7.69. The van der Waals surface area contributed by atoms with Gasteiger partial charge in [0.1, 0.15) is 34.8 Å². The van der Waals surface area contributed by atoms with Crippen molar-refractivity contribution in [3.63, 3.8) is 0 Å². The minimum absolute atomic E-state index is 0. The fraction of sp³-hybridized carbons (Fsp3) is 0.652. The van der Waals surface area contributed by atoms with Gasteiger partial charge in [0.2, 0.25) is 11.8 Å². The zero-order valence-corrected chi connectivity index (χ0v) is 44.4. The van der Waals surface area contributed by atoms with E-state index in [2.05, 4.69) is 10.6 Å². The number of aromatic carboxylic acids is 2. The quantitative estimate of drug-likeness (QED) is 0.0707. The molecule has 4 aliphatic carbocycles. The number of nitrogens with one attached hydrogen (secondary N) is 2. The number of carbonyl (C=O) groups excluding carboxylic acids is 2. The molecule has 24 heteroatoms. The second-order valence-electron chi connectivity index (χ2n) is 20.5. The van der Waals surface area contributed by atoms with E-state index in [4.69, 9.17) is 30.2 Å². The van der Waals surface area contributed by atoms with E-state index in [-0.39, 0.29) is 141 Å². The molecule has 0 unspecified atom stereocenters. The summed E-state index contributed by atoms with van der Waals surface area (Å²) in [4.78, 5) is 52.9. The molecular weight excluding hydrogens is 928 g/mol. The van der Waals surface area contributed by atoms with E-state index in [0.29, 0.717) is 100.0 Å². The van der Waals surface area contributed by atoms with Crippen LogP contribution in [0, 0.1) is 11.8 Å². The molecule has 2 amide bonds. The summed E-state index contributed by atoms with van der Waals surface area (Å²) in [6.45, 7) is -1.63. The van der Waals surface area contributed by atoms with Crippen molar-refractivity contribution in [2.24, 2.45) is 23.3 Å². The summed E-state index contributed by atoms with van der Waals surface area (Å²) in [5, 5.41) is 67.1. The van der Waals surface area contributed by atoms with Crippen LogP contribution in [-0.2, 0) is 9.59 Å². The molecule has 4 atom stereocenters. The summed E-state index contributed by atoms with van der Waals surface area (Å²) >= 11 is 0. The third-order valence-corrected chi connectivity index (χ3v) is 15.7. The van der Waals surface area contributed by atoms with E-state index in [9.17, 15) is 49.5 Å². The number of carboxylic acid groups (broad SMARTS) is 2. The number of hydrogen-bond donors (Lipinski definition) is 10. The van der Waals surface area contributed by atoms with Crippen LogP contribution in [0.1, 0.15) is 121 Å². The number of benzene rings is 2. The van der Waals surface area contributed by atoms with Crippen LogP contribution in [0.5, 0.6) is 23.0 Å². The van der Waals surface area contributed by atoms with E-state index >= 15 is 0 Å². The van der Waals surface area contributed by atoms with Crippen molar-refractivity contribution in [2.45, 2.75) is 125 Å². The average molecular weight is 995 g/mol. The Morgan fingerprint density at radius 1 is 0.600 bits per heavy atom. The first-order valence-corrected chi connectivity index (χ1v) is 24.7. The molecule has 4 aliphatic heterocycles. The molecule has 8 aliphatic rings. The molecule has 0 radical (unpaired) electrons. The molecule has 0 aromatic heterocycles. The van der Waals surface area contributed by atoms with Crippen molar-refractivity contribution in [1.82, 2.24) is 20.4 Å². The van der Waals surface area contributed by atoms with Crippen LogP contribution in [0.4, 0.5) is 0 Å². The summed E-state index contributed by atoms with van der Waals surface area (Å²) in [5.41, 5.74) is 12.1. The maximum atomic E-state index is 12.7. The van der Waals surface area contributed by atoms with Gasteiger partial charge < -0.3 is 81.0 Å². The number of carbonyl (C=O) groups is 4. The van der Waals surface area contributed by atoms with Crippen molar-refractivity contribution in [3.8, 4) is 23.0 Å². The molecule has 10 rings (SSSR count). The maximum absolute atomic E-state index is 12.7. The van der Waals surface area contributed by atoms with E-state index in [1.165, 1.54) is 0 Å². The number of nitrogens with zero attached hydrogens (tertiary/aromatic N) is 2. The van der Waals surface area contributed by atoms with Crippen LogP contribution in [0.2, 0.25) is 11.6 Å². The second-order valence-corrected chi connectivity index (χ2v) is 20.5. The molecule has 0 bridgehead atoms. The topological polar surface area (TPSA) is 309 Å². The third-order valence-electron chi connectivity index (χ3n) is 15.7. The zero-order valence-electron chi connectivity index (χ0n) is 40.4. The van der Waals surface area contributed by atoms with Crippen LogP contribution in [0.3, 0.4) is 0 Å². The normalized spacial score (nSPS) is 28.5. The van der Waals surface area contributed by atoms with E-state index in [0.717, 1.165) is 64.5 Å². The molecule has 12 N–H and O–H groups in total. The molecule has 6 fully saturated rings. The predicted octanol–water partition coefficient (Wildman–Crippen LogP) is -4.70. The SMILES string of the molecule is NCCNC1CCC(CC(=O)N2CC(Oc3ccc4c(c3C(=O)O)O[B-](O)(O)[C@H]3C[C@@H]43)C2)CC1.NCCNC1CCC(CC(=O)N2CC(Oc3ccc4c(c3C(=O)O)O[B-](O)(O)[C@H]3C[C@@H]43)C2)CC1.[Na+].[Na+]. The molecule has 372 valence electrons. The number of fused-ring (bicyclic) bond motifs is 6. The average Bonchev–Trinajstić information content (AvgIpc) is 4.20. The smallest absolute Gasteiger partial charge is 0.669 e. The first kappa shape index (κ1) is 55.1. The van der Waals surface area contributed by atoms with Gasteiger partial charge in [0.25, 0.3) is 0 Å². The van der Waals surface area contributed by atoms with Crippen LogP contribution in [0.25, 0.3) is 0 Å². The van der Waals surface area contributed by atoms with Gasteiger partial charge in [0.05, 0.1) is 37.7 Å². The number of carboxylic acids is 2. The molecule has 2 aromatic rings. The van der Waals surface area contributed by atoms with Crippen molar-refractivity contribution in [1.29, 1.82) is 0 Å². The minimum atomic E-state index is -3.08. The Balaban J connectivity index is 0.000000201. The van der Waals surface area contributed by atoms with Crippen molar-refractivity contribution in [3.05, 3.63) is 46.5 Å². The number of nitrogens with two attached hydrogens (primary N) is 2. The standard InChI is InChI=1S/2C23H33BN3O7.2Na/c2*25-7-8-26-14-3-1-13(2-4-14)9-20(28)27-11-15(12-27)33-19-6-5-16-17-10-18(17)24(31,32)34-22(16)21(19)23(29)30;;/h2*5-6,13-15,17-18,26,31-32H,1-4,7-12,25H2,(H,29,30);;/q2*-1;2*+1/t2*13?,14?,17-,18-;;/m00../s1. The Morgan fingerprint density at radius 2 is 0.957 bits per heavy atom. The van der Waals surface area contributed by atoms with Crippen molar-refractivity contribution in [2.75, 3.05) is 52.4 Å². The Morgan fingerprint density at radius 3 is 1.29 bits per heavy atom. The number of rotatable bonds is 16. The predicted molar refractivity (Wildman–Crippen MR) is 247 cm³/mol. The molecule has 2 aromatic carbocycles. The fourth-order valence-corrected chi connectivity index (χ4v) is 11.5. The summed E-state index contributed by atoms with van der Waals surface area (Å²) in [7, 11) is 0. The van der Waals surface area contributed by atoms with Gasteiger partial charge in [-0.05, 0) is 98.3 Å². The van der Waals surface area contributed by atoms with Crippen molar-refractivity contribution >= 4 is 37.3 Å². The maximum Gasteiger partial charge on any atom is 1.00 e. The Kier molecular flexibility index (Phi) is 18.0. The number of hydrogen-bond acceptors (Lipinski definition) is 16. The van der Waals surface area contributed by atoms with Crippen LogP contribution < -0.4 is 100.0 Å². The Hall–Kier alpha value is -2.67. The second kappa shape index (κ2) is 22.8. The minimum Gasteiger partial charge on any atom is -0.669 e. The molecule has 20 nitrogen and oxygen atoms in total. The van der Waals surface area contributed by atoms with E-state index in [1.54, 1.807) is 34.1 Å². The molecule has 0 spiro atoms. The molecule has 4 saturated carbocycles. The molecule has 4 heterocycles. The monoisotopic (exact) mass is 994 g/mol. The summed E-state index contributed by atoms with van der Waals surface area (Å²) in [6.07, 6.45) is 9.92. The summed E-state index contributed by atoms with van der Waals surface area (Å²) in [5.74, 6) is -2.25. The van der Waals surface area contributed by atoms with Crippen LogP contribution in [-0.4, -0.2) is 154 Å². The van der Waals surface area contributed by atoms with Crippen molar-refractivity contribution < 1.29 is 127 Å². The van der Waals surface area contributed by atoms with Gasteiger partial charge in [-0.1, -0.05) is 36.6 Å². The number of ether oxygens (including phenoxy) is 2. The molecule has 70 heavy (non-hydrogen) atoms. The first-order chi connectivity index (χ1) is 32.5. The largest absolute Gasteiger partial charge is 1.00 e.